The molecule has 2 heterocycles. The zero-order chi connectivity index (χ0) is 10.8. The Hall–Kier alpha value is -1.02. The van der Waals surface area contributed by atoms with Gasteiger partial charge in [0.2, 0.25) is 0 Å². The van der Waals surface area contributed by atoms with E-state index < -0.39 is 0 Å². The Bertz CT molecular complexity index is 299. The van der Waals surface area contributed by atoms with E-state index in [1.165, 1.54) is 43.6 Å². The van der Waals surface area contributed by atoms with Crippen LogP contribution in [0.15, 0.2) is 24.3 Å². The summed E-state index contributed by atoms with van der Waals surface area (Å²) in [5, 5.41) is 0. The minimum atomic E-state index is 0.632. The Morgan fingerprint density at radius 2 is 1.81 bits per heavy atom. The minimum absolute atomic E-state index is 0.632. The summed E-state index contributed by atoms with van der Waals surface area (Å²) in [6.07, 6.45) is 3.87. The topological polar surface area (TPSA) is 12.5 Å². The van der Waals surface area contributed by atoms with E-state index in [1.54, 1.807) is 0 Å². The van der Waals surface area contributed by atoms with E-state index in [0.717, 1.165) is 13.2 Å². The summed E-state index contributed by atoms with van der Waals surface area (Å²) in [6.45, 7) is 4.29. The average Bonchev–Trinajstić information content (AvgIpc) is 3.03. The first-order valence-corrected chi connectivity index (χ1v) is 6.36. The predicted molar refractivity (Wildman–Crippen MR) is 66.1 cm³/mol. The van der Waals surface area contributed by atoms with E-state index in [-0.39, 0.29) is 0 Å². The van der Waals surface area contributed by atoms with Crippen molar-refractivity contribution in [3.05, 3.63) is 29.8 Å². The van der Waals surface area contributed by atoms with Gasteiger partial charge >= 0.3 is 0 Å². The molecular weight excluding hydrogens is 198 g/mol. The fourth-order valence-corrected chi connectivity index (χ4v) is 2.73. The second-order valence-electron chi connectivity index (χ2n) is 4.85. The van der Waals surface area contributed by atoms with Gasteiger partial charge in [0, 0.05) is 31.3 Å². The van der Waals surface area contributed by atoms with Crippen LogP contribution in [0.4, 0.5) is 5.69 Å². The van der Waals surface area contributed by atoms with Crippen LogP contribution < -0.4 is 4.90 Å². The van der Waals surface area contributed by atoms with Crippen molar-refractivity contribution in [2.45, 2.75) is 25.2 Å². The van der Waals surface area contributed by atoms with Gasteiger partial charge < -0.3 is 9.64 Å². The number of nitrogens with zero attached hydrogens (tertiary/aromatic N) is 1. The maximum absolute atomic E-state index is 5.43. The first kappa shape index (κ1) is 10.2. The Morgan fingerprint density at radius 1 is 1.06 bits per heavy atom. The molecule has 86 valence electrons. The van der Waals surface area contributed by atoms with Crippen LogP contribution in [0.5, 0.6) is 0 Å². The summed E-state index contributed by atoms with van der Waals surface area (Å²) < 4.78 is 5.43. The van der Waals surface area contributed by atoms with Gasteiger partial charge in [-0.2, -0.15) is 0 Å². The molecule has 0 aromatic heterocycles. The molecule has 2 nitrogen and oxygen atoms in total. The lowest BCUT2D eigenvalue weighted by molar-refractivity contribution is 0.194. The monoisotopic (exact) mass is 217 g/mol. The van der Waals surface area contributed by atoms with Crippen molar-refractivity contribution in [1.29, 1.82) is 0 Å². The van der Waals surface area contributed by atoms with Crippen molar-refractivity contribution in [3.8, 4) is 0 Å². The smallest absolute Gasteiger partial charge is 0.0535 e. The number of hydrogen-bond acceptors (Lipinski definition) is 2. The van der Waals surface area contributed by atoms with Crippen LogP contribution in [0, 0.1) is 0 Å². The molecule has 0 amide bonds. The van der Waals surface area contributed by atoms with Crippen LogP contribution in [0.25, 0.3) is 0 Å². The molecular formula is C14H19NO. The Morgan fingerprint density at radius 3 is 2.44 bits per heavy atom. The lowest BCUT2D eigenvalue weighted by Gasteiger charge is -2.18. The molecule has 0 bridgehead atoms. The fraction of sp³-hybridized carbons (Fsp3) is 0.571. The average molecular weight is 217 g/mol. The Labute approximate surface area is 97.2 Å². The predicted octanol–water partition coefficient (Wildman–Crippen LogP) is 2.79. The molecule has 2 aliphatic heterocycles. The molecule has 1 atom stereocenters. The van der Waals surface area contributed by atoms with Crippen molar-refractivity contribution in [1.82, 2.24) is 0 Å². The van der Waals surface area contributed by atoms with E-state index in [1.807, 2.05) is 0 Å². The van der Waals surface area contributed by atoms with Crippen LogP contribution in [0.3, 0.4) is 0 Å². The molecule has 0 unspecified atom stereocenters. The van der Waals surface area contributed by atoms with Gasteiger partial charge in [-0.05, 0) is 37.0 Å². The molecule has 16 heavy (non-hydrogen) atoms. The van der Waals surface area contributed by atoms with Gasteiger partial charge in [-0.25, -0.2) is 0 Å². The number of benzene rings is 1. The maximum atomic E-state index is 5.43. The third-order valence-corrected chi connectivity index (χ3v) is 3.77. The zero-order valence-corrected chi connectivity index (χ0v) is 9.69. The van der Waals surface area contributed by atoms with E-state index in [2.05, 4.69) is 29.2 Å². The molecule has 2 fully saturated rings. The summed E-state index contributed by atoms with van der Waals surface area (Å²) in [5.74, 6) is 0.632. The highest BCUT2D eigenvalue weighted by Gasteiger charge is 2.18. The fourth-order valence-electron chi connectivity index (χ4n) is 2.73. The second kappa shape index (κ2) is 4.46. The number of anilines is 1. The maximum Gasteiger partial charge on any atom is 0.0535 e. The van der Waals surface area contributed by atoms with Crippen LogP contribution in [-0.4, -0.2) is 26.3 Å². The van der Waals surface area contributed by atoms with Crippen molar-refractivity contribution in [2.24, 2.45) is 0 Å². The molecule has 2 saturated heterocycles. The van der Waals surface area contributed by atoms with E-state index >= 15 is 0 Å². The summed E-state index contributed by atoms with van der Waals surface area (Å²) in [7, 11) is 0. The molecule has 1 aromatic rings. The highest BCUT2D eigenvalue weighted by atomic mass is 16.5. The molecule has 0 N–H and O–H groups in total. The quantitative estimate of drug-likeness (QED) is 0.755. The molecule has 0 radical (unpaired) electrons. The third-order valence-electron chi connectivity index (χ3n) is 3.77. The SMILES string of the molecule is c1cc(N2CCCC2)ccc1[C@H]1CCOC1. The minimum Gasteiger partial charge on any atom is -0.381 e. The lowest BCUT2D eigenvalue weighted by Crippen LogP contribution is -2.17. The van der Waals surface area contributed by atoms with Crippen molar-refractivity contribution in [2.75, 3.05) is 31.2 Å². The molecule has 0 saturated carbocycles. The van der Waals surface area contributed by atoms with Gasteiger partial charge in [0.05, 0.1) is 6.61 Å². The highest BCUT2D eigenvalue weighted by Crippen LogP contribution is 2.27. The largest absolute Gasteiger partial charge is 0.381 e. The Balaban J connectivity index is 1.73. The molecule has 0 spiro atoms. The molecule has 3 rings (SSSR count). The second-order valence-corrected chi connectivity index (χ2v) is 4.85. The molecule has 2 aliphatic rings. The number of ether oxygens (including phenoxy) is 1. The third kappa shape index (κ3) is 1.94. The molecule has 2 heteroatoms. The van der Waals surface area contributed by atoms with Gasteiger partial charge in [0.25, 0.3) is 0 Å². The van der Waals surface area contributed by atoms with E-state index in [0.29, 0.717) is 5.92 Å². The van der Waals surface area contributed by atoms with Crippen LogP contribution >= 0.6 is 0 Å². The summed E-state index contributed by atoms with van der Waals surface area (Å²) in [5.41, 5.74) is 2.83. The van der Waals surface area contributed by atoms with Gasteiger partial charge in [-0.1, -0.05) is 12.1 Å². The first-order chi connectivity index (χ1) is 7.93. The van der Waals surface area contributed by atoms with Crippen molar-refractivity contribution in [3.63, 3.8) is 0 Å². The van der Waals surface area contributed by atoms with E-state index in [4.69, 9.17) is 4.74 Å². The molecule has 1 aromatic carbocycles. The van der Waals surface area contributed by atoms with Gasteiger partial charge in [-0.15, -0.1) is 0 Å². The van der Waals surface area contributed by atoms with Gasteiger partial charge in [-0.3, -0.25) is 0 Å². The molecule has 0 aliphatic carbocycles. The number of rotatable bonds is 2. The Kier molecular flexibility index (Phi) is 2.83. The number of hydrogen-bond donors (Lipinski definition) is 0. The zero-order valence-electron chi connectivity index (χ0n) is 9.69. The normalized spacial score (nSPS) is 25.2. The van der Waals surface area contributed by atoms with Crippen molar-refractivity contribution < 1.29 is 4.74 Å². The van der Waals surface area contributed by atoms with Crippen LogP contribution in [-0.2, 0) is 4.74 Å². The standard InChI is InChI=1S/C14H19NO/c1-2-9-15(8-1)14-5-3-12(4-6-14)13-7-10-16-11-13/h3-6,13H,1-2,7-11H2/t13-/m0/s1. The summed E-state index contributed by atoms with van der Waals surface area (Å²) >= 11 is 0. The van der Waals surface area contributed by atoms with Gasteiger partial charge in [0.15, 0.2) is 0 Å². The van der Waals surface area contributed by atoms with Gasteiger partial charge in [0.1, 0.15) is 0 Å². The highest BCUT2D eigenvalue weighted by molar-refractivity contribution is 5.48. The van der Waals surface area contributed by atoms with Crippen LogP contribution in [0.1, 0.15) is 30.7 Å². The van der Waals surface area contributed by atoms with Crippen molar-refractivity contribution >= 4 is 5.69 Å². The summed E-state index contributed by atoms with van der Waals surface area (Å²) in [4.78, 5) is 2.48. The summed E-state index contributed by atoms with van der Waals surface area (Å²) in [6, 6.07) is 9.12. The van der Waals surface area contributed by atoms with E-state index in [9.17, 15) is 0 Å². The first-order valence-electron chi connectivity index (χ1n) is 6.36. The lowest BCUT2D eigenvalue weighted by atomic mass is 9.98. The van der Waals surface area contributed by atoms with Crippen LogP contribution in [0.2, 0.25) is 0 Å².